The number of benzene rings is 1. The van der Waals surface area contributed by atoms with Gasteiger partial charge in [-0.3, -0.25) is 0 Å². The summed E-state index contributed by atoms with van der Waals surface area (Å²) >= 11 is 0. The van der Waals surface area contributed by atoms with Gasteiger partial charge in [-0.15, -0.1) is 0 Å². The van der Waals surface area contributed by atoms with E-state index >= 15 is 0 Å². The first kappa shape index (κ1) is 12.8. The van der Waals surface area contributed by atoms with Crippen LogP contribution >= 0.6 is 0 Å². The lowest BCUT2D eigenvalue weighted by molar-refractivity contribution is 0.192. The number of nitrogens with one attached hydrogen (secondary N) is 2. The Morgan fingerprint density at radius 1 is 1.21 bits per heavy atom. The lowest BCUT2D eigenvalue weighted by atomic mass is 10.1. The lowest BCUT2D eigenvalue weighted by Crippen LogP contribution is -2.50. The molecule has 0 aliphatic carbocycles. The highest BCUT2D eigenvalue weighted by Crippen LogP contribution is 2.28. The van der Waals surface area contributed by atoms with Gasteiger partial charge in [-0.2, -0.15) is 0 Å². The summed E-state index contributed by atoms with van der Waals surface area (Å²) in [5.74, 6) is 0. The van der Waals surface area contributed by atoms with E-state index in [-0.39, 0.29) is 0 Å². The Balaban J connectivity index is 1.61. The number of fused-ring (bicyclic) bond motifs is 1. The SMILES string of the molecule is CN1CCNCC1CCN1CCNc2ccccc21. The molecule has 2 aliphatic heterocycles. The molecule has 1 atom stereocenters. The zero-order valence-corrected chi connectivity index (χ0v) is 11.7. The Morgan fingerprint density at radius 2 is 2.11 bits per heavy atom. The van der Waals surface area contributed by atoms with E-state index in [0.29, 0.717) is 6.04 Å². The second-order valence-corrected chi connectivity index (χ2v) is 5.56. The third-order valence-corrected chi connectivity index (χ3v) is 4.32. The number of likely N-dealkylation sites (N-methyl/N-ethyl adjacent to an activating group) is 1. The fraction of sp³-hybridized carbons (Fsp3) is 0.600. The van der Waals surface area contributed by atoms with Crippen molar-refractivity contribution in [3.05, 3.63) is 24.3 Å². The van der Waals surface area contributed by atoms with Crippen LogP contribution in [0, 0.1) is 0 Å². The van der Waals surface area contributed by atoms with Crippen LogP contribution in [0.3, 0.4) is 0 Å². The molecule has 2 heterocycles. The zero-order chi connectivity index (χ0) is 13.1. The molecular formula is C15H24N4. The number of hydrogen-bond acceptors (Lipinski definition) is 4. The van der Waals surface area contributed by atoms with Gasteiger partial charge in [0.15, 0.2) is 0 Å². The van der Waals surface area contributed by atoms with Crippen LogP contribution < -0.4 is 15.5 Å². The van der Waals surface area contributed by atoms with E-state index in [9.17, 15) is 0 Å². The van der Waals surface area contributed by atoms with Crippen molar-refractivity contribution >= 4 is 11.4 Å². The van der Waals surface area contributed by atoms with Crippen molar-refractivity contribution in [1.82, 2.24) is 10.2 Å². The average molecular weight is 260 g/mol. The first-order valence-corrected chi connectivity index (χ1v) is 7.33. The van der Waals surface area contributed by atoms with Crippen LogP contribution in [-0.4, -0.2) is 57.3 Å². The van der Waals surface area contributed by atoms with Crippen LogP contribution in [-0.2, 0) is 0 Å². The van der Waals surface area contributed by atoms with Crippen molar-refractivity contribution in [2.24, 2.45) is 0 Å². The summed E-state index contributed by atoms with van der Waals surface area (Å²) in [5.41, 5.74) is 2.64. The molecule has 4 nitrogen and oxygen atoms in total. The number of rotatable bonds is 3. The highest BCUT2D eigenvalue weighted by atomic mass is 15.2. The molecule has 0 radical (unpaired) electrons. The first-order valence-electron chi connectivity index (χ1n) is 7.33. The topological polar surface area (TPSA) is 30.5 Å². The molecule has 4 heteroatoms. The normalized spacial score (nSPS) is 23.8. The fourth-order valence-electron chi connectivity index (χ4n) is 3.07. The van der Waals surface area contributed by atoms with Crippen LogP contribution in [0.1, 0.15) is 6.42 Å². The van der Waals surface area contributed by atoms with E-state index in [1.165, 1.54) is 24.3 Å². The summed E-state index contributed by atoms with van der Waals surface area (Å²) in [6.07, 6.45) is 1.23. The Bertz CT molecular complexity index is 420. The molecular weight excluding hydrogens is 236 g/mol. The van der Waals surface area contributed by atoms with Crippen LogP contribution in [0.4, 0.5) is 11.4 Å². The van der Waals surface area contributed by atoms with Gasteiger partial charge in [0.1, 0.15) is 0 Å². The molecule has 1 aromatic carbocycles. The molecule has 104 valence electrons. The molecule has 1 fully saturated rings. The van der Waals surface area contributed by atoms with Gasteiger partial charge in [-0.05, 0) is 25.6 Å². The highest BCUT2D eigenvalue weighted by Gasteiger charge is 2.21. The molecule has 1 unspecified atom stereocenters. The molecule has 0 aromatic heterocycles. The van der Waals surface area contributed by atoms with Gasteiger partial charge in [-0.25, -0.2) is 0 Å². The van der Waals surface area contributed by atoms with Gasteiger partial charge in [0.05, 0.1) is 11.4 Å². The van der Waals surface area contributed by atoms with Crippen LogP contribution in [0.5, 0.6) is 0 Å². The van der Waals surface area contributed by atoms with E-state index in [2.05, 4.69) is 51.7 Å². The maximum atomic E-state index is 3.50. The predicted octanol–water partition coefficient (Wildman–Crippen LogP) is 1.21. The summed E-state index contributed by atoms with van der Waals surface area (Å²) < 4.78 is 0. The maximum absolute atomic E-state index is 3.50. The standard InChI is InChI=1S/C15H24N4/c1-18-10-7-16-12-13(18)6-9-19-11-8-17-14-4-2-3-5-15(14)19/h2-5,13,16-17H,6-12H2,1H3. The van der Waals surface area contributed by atoms with Crippen molar-refractivity contribution in [2.75, 3.05) is 56.5 Å². The van der Waals surface area contributed by atoms with E-state index < -0.39 is 0 Å². The molecule has 1 saturated heterocycles. The average Bonchev–Trinajstić information content (AvgIpc) is 2.46. The van der Waals surface area contributed by atoms with Gasteiger partial charge in [0, 0.05) is 45.3 Å². The largest absolute Gasteiger partial charge is 0.382 e. The number of piperazine rings is 1. The zero-order valence-electron chi connectivity index (χ0n) is 11.7. The van der Waals surface area contributed by atoms with Gasteiger partial charge in [0.2, 0.25) is 0 Å². The van der Waals surface area contributed by atoms with Crippen molar-refractivity contribution in [1.29, 1.82) is 0 Å². The summed E-state index contributed by atoms with van der Waals surface area (Å²) in [6, 6.07) is 9.32. The van der Waals surface area contributed by atoms with Gasteiger partial charge < -0.3 is 20.4 Å². The molecule has 3 rings (SSSR count). The summed E-state index contributed by atoms with van der Waals surface area (Å²) in [6.45, 7) is 6.74. The molecule has 0 bridgehead atoms. The third kappa shape index (κ3) is 2.85. The summed E-state index contributed by atoms with van der Waals surface area (Å²) in [4.78, 5) is 5.01. The molecule has 2 N–H and O–H groups in total. The van der Waals surface area contributed by atoms with E-state index in [1.54, 1.807) is 0 Å². The number of para-hydroxylation sites is 2. The second kappa shape index (κ2) is 5.80. The van der Waals surface area contributed by atoms with Crippen LogP contribution in [0.15, 0.2) is 24.3 Å². The van der Waals surface area contributed by atoms with Gasteiger partial charge in [-0.1, -0.05) is 12.1 Å². The number of hydrogen-bond donors (Lipinski definition) is 2. The van der Waals surface area contributed by atoms with Crippen molar-refractivity contribution in [2.45, 2.75) is 12.5 Å². The minimum atomic E-state index is 0.677. The molecule has 0 amide bonds. The molecule has 0 saturated carbocycles. The Labute approximate surface area is 115 Å². The van der Waals surface area contributed by atoms with Crippen LogP contribution in [0.25, 0.3) is 0 Å². The van der Waals surface area contributed by atoms with Crippen LogP contribution in [0.2, 0.25) is 0 Å². The van der Waals surface area contributed by atoms with Crippen molar-refractivity contribution in [3.8, 4) is 0 Å². The maximum Gasteiger partial charge on any atom is 0.0602 e. The summed E-state index contributed by atoms with van der Waals surface area (Å²) in [5, 5.41) is 6.97. The Morgan fingerprint density at radius 3 is 3.00 bits per heavy atom. The number of nitrogens with zero attached hydrogens (tertiary/aromatic N) is 2. The van der Waals surface area contributed by atoms with E-state index in [1.807, 2.05) is 0 Å². The molecule has 1 aromatic rings. The smallest absolute Gasteiger partial charge is 0.0602 e. The Kier molecular flexibility index (Phi) is 3.89. The van der Waals surface area contributed by atoms with E-state index in [4.69, 9.17) is 0 Å². The van der Waals surface area contributed by atoms with Crippen molar-refractivity contribution in [3.63, 3.8) is 0 Å². The molecule has 2 aliphatic rings. The molecule has 19 heavy (non-hydrogen) atoms. The summed E-state index contributed by atoms with van der Waals surface area (Å²) in [7, 11) is 2.25. The lowest BCUT2D eigenvalue weighted by Gasteiger charge is -2.37. The quantitative estimate of drug-likeness (QED) is 0.855. The minimum Gasteiger partial charge on any atom is -0.382 e. The van der Waals surface area contributed by atoms with Gasteiger partial charge >= 0.3 is 0 Å². The monoisotopic (exact) mass is 260 g/mol. The second-order valence-electron chi connectivity index (χ2n) is 5.56. The van der Waals surface area contributed by atoms with Gasteiger partial charge in [0.25, 0.3) is 0 Å². The number of anilines is 2. The van der Waals surface area contributed by atoms with E-state index in [0.717, 1.165) is 32.7 Å². The first-order chi connectivity index (χ1) is 9.34. The third-order valence-electron chi connectivity index (χ3n) is 4.32. The fourth-order valence-corrected chi connectivity index (χ4v) is 3.07. The highest BCUT2D eigenvalue weighted by molar-refractivity contribution is 5.71. The predicted molar refractivity (Wildman–Crippen MR) is 81.0 cm³/mol. The minimum absolute atomic E-state index is 0.677. The van der Waals surface area contributed by atoms with Crippen molar-refractivity contribution < 1.29 is 0 Å². The molecule has 0 spiro atoms. The Hall–Kier alpha value is -1.26.